The maximum Gasteiger partial charge on any atom is 0.387 e. The molecule has 0 bridgehead atoms. The number of benzene rings is 1. The van der Waals surface area contributed by atoms with Crippen LogP contribution in [0.2, 0.25) is 0 Å². The van der Waals surface area contributed by atoms with Crippen LogP contribution in [0.5, 0.6) is 5.75 Å². The Hall–Kier alpha value is -2.06. The summed E-state index contributed by atoms with van der Waals surface area (Å²) in [6.45, 7) is -0.921. The van der Waals surface area contributed by atoms with Crippen LogP contribution in [0.3, 0.4) is 0 Å². The first-order valence-electron chi connectivity index (χ1n) is 6.09. The van der Waals surface area contributed by atoms with Crippen molar-refractivity contribution in [3.63, 3.8) is 0 Å². The molecular formula is C13H15F2N3O3. The third kappa shape index (κ3) is 3.73. The zero-order valence-electron chi connectivity index (χ0n) is 11.5. The van der Waals surface area contributed by atoms with E-state index < -0.39 is 12.2 Å². The predicted octanol–water partition coefficient (Wildman–Crippen LogP) is 2.16. The van der Waals surface area contributed by atoms with Crippen LogP contribution in [0, 0.1) is 0 Å². The molecule has 1 unspecified atom stereocenters. The van der Waals surface area contributed by atoms with Gasteiger partial charge in [0, 0.05) is 12.7 Å². The zero-order chi connectivity index (χ0) is 15.5. The lowest BCUT2D eigenvalue weighted by molar-refractivity contribution is -0.0498. The lowest BCUT2D eigenvalue weighted by atomic mass is 10.1. The maximum absolute atomic E-state index is 12.1. The van der Waals surface area contributed by atoms with Gasteiger partial charge in [0.2, 0.25) is 0 Å². The highest BCUT2D eigenvalue weighted by molar-refractivity contribution is 5.54. The van der Waals surface area contributed by atoms with E-state index in [1.54, 1.807) is 19.1 Å². The van der Waals surface area contributed by atoms with Crippen molar-refractivity contribution in [2.75, 3.05) is 13.7 Å². The first-order chi connectivity index (χ1) is 9.92. The molecule has 0 aliphatic carbocycles. The molecule has 8 heteroatoms. The number of methoxy groups -OCH3 is 1. The summed E-state index contributed by atoms with van der Waals surface area (Å²) in [4.78, 5) is 4.19. The van der Waals surface area contributed by atoms with E-state index in [1.807, 2.05) is 0 Å². The Labute approximate surface area is 119 Å². The van der Waals surface area contributed by atoms with Crippen molar-refractivity contribution in [2.45, 2.75) is 19.1 Å². The molecule has 2 aromatic rings. The van der Waals surface area contributed by atoms with Crippen molar-refractivity contribution in [1.29, 1.82) is 0 Å². The minimum atomic E-state index is -2.86. The molecule has 0 amide bonds. The van der Waals surface area contributed by atoms with Gasteiger partial charge >= 0.3 is 6.61 Å². The zero-order valence-corrected chi connectivity index (χ0v) is 11.5. The van der Waals surface area contributed by atoms with Crippen molar-refractivity contribution < 1.29 is 22.8 Å². The summed E-state index contributed by atoms with van der Waals surface area (Å²) in [7, 11) is 1.52. The Morgan fingerprint density at radius 3 is 2.57 bits per heavy atom. The molecule has 0 aliphatic heterocycles. The molecule has 1 aromatic heterocycles. The average Bonchev–Trinajstić information content (AvgIpc) is 2.89. The monoisotopic (exact) mass is 299 g/mol. The smallest absolute Gasteiger partial charge is 0.387 e. The molecule has 114 valence electrons. The van der Waals surface area contributed by atoms with Gasteiger partial charge in [0.05, 0.1) is 6.61 Å². The third-order valence-corrected chi connectivity index (χ3v) is 2.71. The Morgan fingerprint density at radius 2 is 2.00 bits per heavy atom. The molecule has 0 aliphatic rings. The van der Waals surface area contributed by atoms with Crippen molar-refractivity contribution in [2.24, 2.45) is 5.73 Å². The summed E-state index contributed by atoms with van der Waals surface area (Å²) in [5.74, 6) is 0.588. The molecule has 1 heterocycles. The highest BCUT2D eigenvalue weighted by atomic mass is 19.3. The van der Waals surface area contributed by atoms with Gasteiger partial charge in [0.25, 0.3) is 5.89 Å². The van der Waals surface area contributed by atoms with Crippen LogP contribution < -0.4 is 10.5 Å². The largest absolute Gasteiger partial charge is 0.435 e. The molecule has 0 fully saturated rings. The van der Waals surface area contributed by atoms with Gasteiger partial charge in [-0.3, -0.25) is 0 Å². The first kappa shape index (κ1) is 15.3. The van der Waals surface area contributed by atoms with Crippen LogP contribution in [0.25, 0.3) is 11.5 Å². The fourth-order valence-electron chi connectivity index (χ4n) is 1.72. The highest BCUT2D eigenvalue weighted by Crippen LogP contribution is 2.24. The molecule has 6 nitrogen and oxygen atoms in total. The number of halogens is 2. The van der Waals surface area contributed by atoms with E-state index in [9.17, 15) is 8.78 Å². The second-order valence-corrected chi connectivity index (χ2v) is 4.68. The van der Waals surface area contributed by atoms with Crippen LogP contribution in [0.15, 0.2) is 28.8 Å². The molecule has 0 spiro atoms. The van der Waals surface area contributed by atoms with E-state index in [4.69, 9.17) is 15.0 Å². The lowest BCUT2D eigenvalue weighted by Crippen LogP contribution is -2.38. The SMILES string of the molecule is COCC(C)(N)c1noc(-c2ccc(OC(F)F)cc2)n1. The van der Waals surface area contributed by atoms with E-state index in [0.29, 0.717) is 11.4 Å². The lowest BCUT2D eigenvalue weighted by Gasteiger charge is -2.18. The molecule has 2 N–H and O–H groups in total. The Bertz CT molecular complexity index is 585. The van der Waals surface area contributed by atoms with E-state index in [-0.39, 0.29) is 18.2 Å². The molecule has 0 radical (unpaired) electrons. The van der Waals surface area contributed by atoms with Gasteiger partial charge < -0.3 is 19.7 Å². The number of alkyl halides is 2. The fraction of sp³-hybridized carbons (Fsp3) is 0.385. The summed E-state index contributed by atoms with van der Waals surface area (Å²) >= 11 is 0. The van der Waals surface area contributed by atoms with Crippen molar-refractivity contribution >= 4 is 0 Å². The van der Waals surface area contributed by atoms with E-state index >= 15 is 0 Å². The normalized spacial score (nSPS) is 14.2. The van der Waals surface area contributed by atoms with Crippen molar-refractivity contribution in [3.8, 4) is 17.2 Å². The quantitative estimate of drug-likeness (QED) is 0.880. The van der Waals surface area contributed by atoms with Crippen LogP contribution in [-0.2, 0) is 10.3 Å². The summed E-state index contributed by atoms with van der Waals surface area (Å²) in [6.07, 6.45) is 0. The van der Waals surface area contributed by atoms with Crippen LogP contribution in [-0.4, -0.2) is 30.5 Å². The van der Waals surface area contributed by atoms with Gasteiger partial charge in [-0.2, -0.15) is 13.8 Å². The second-order valence-electron chi connectivity index (χ2n) is 4.68. The van der Waals surface area contributed by atoms with E-state index in [1.165, 1.54) is 19.2 Å². The van der Waals surface area contributed by atoms with Crippen molar-refractivity contribution in [1.82, 2.24) is 10.1 Å². The minimum Gasteiger partial charge on any atom is -0.435 e. The number of aromatic nitrogens is 2. The van der Waals surface area contributed by atoms with Gasteiger partial charge in [-0.15, -0.1) is 0 Å². The third-order valence-electron chi connectivity index (χ3n) is 2.71. The van der Waals surface area contributed by atoms with Crippen LogP contribution >= 0.6 is 0 Å². The Balaban J connectivity index is 2.18. The fourth-order valence-corrected chi connectivity index (χ4v) is 1.72. The molecular weight excluding hydrogens is 284 g/mol. The van der Waals surface area contributed by atoms with Gasteiger partial charge in [-0.25, -0.2) is 0 Å². The van der Waals surface area contributed by atoms with Gasteiger partial charge in [0.15, 0.2) is 5.82 Å². The Morgan fingerprint density at radius 1 is 1.33 bits per heavy atom. The van der Waals surface area contributed by atoms with E-state index in [2.05, 4.69) is 14.9 Å². The minimum absolute atomic E-state index is 0.0523. The number of rotatable bonds is 6. The van der Waals surface area contributed by atoms with Gasteiger partial charge in [-0.05, 0) is 31.2 Å². The molecule has 0 saturated carbocycles. The summed E-state index contributed by atoms with van der Waals surface area (Å²) in [5, 5.41) is 3.81. The van der Waals surface area contributed by atoms with E-state index in [0.717, 1.165) is 0 Å². The van der Waals surface area contributed by atoms with Gasteiger partial charge in [0.1, 0.15) is 11.3 Å². The second kappa shape index (κ2) is 6.15. The maximum atomic E-state index is 12.1. The highest BCUT2D eigenvalue weighted by Gasteiger charge is 2.27. The number of ether oxygens (including phenoxy) is 2. The number of nitrogens with two attached hydrogens (primary N) is 1. The number of hydrogen-bond donors (Lipinski definition) is 1. The summed E-state index contributed by atoms with van der Waals surface area (Å²) in [5.41, 5.74) is 5.70. The summed E-state index contributed by atoms with van der Waals surface area (Å²) in [6, 6.07) is 5.86. The number of hydrogen-bond acceptors (Lipinski definition) is 6. The van der Waals surface area contributed by atoms with Crippen LogP contribution in [0.1, 0.15) is 12.7 Å². The molecule has 0 saturated heterocycles. The topological polar surface area (TPSA) is 83.4 Å². The number of nitrogens with zero attached hydrogens (tertiary/aromatic N) is 2. The molecule has 1 aromatic carbocycles. The molecule has 21 heavy (non-hydrogen) atoms. The predicted molar refractivity (Wildman–Crippen MR) is 69.8 cm³/mol. The summed E-state index contributed by atoms with van der Waals surface area (Å²) < 4.78 is 38.5. The average molecular weight is 299 g/mol. The van der Waals surface area contributed by atoms with Crippen LogP contribution in [0.4, 0.5) is 8.78 Å². The van der Waals surface area contributed by atoms with Crippen molar-refractivity contribution in [3.05, 3.63) is 30.1 Å². The molecule has 1 atom stereocenters. The first-order valence-corrected chi connectivity index (χ1v) is 6.09. The standard InChI is InChI=1S/C13H15F2N3O3/c1-13(16,7-19-2)11-17-10(21-18-11)8-3-5-9(6-4-8)20-12(14)15/h3-6,12H,7,16H2,1-2H3. The molecule has 2 rings (SSSR count). The Kier molecular flexibility index (Phi) is 4.49. The van der Waals surface area contributed by atoms with Gasteiger partial charge in [-0.1, -0.05) is 5.16 Å².